The van der Waals surface area contributed by atoms with Gasteiger partial charge in [-0.3, -0.25) is 38.4 Å². The third-order valence-corrected chi connectivity index (χ3v) is 18.2. The van der Waals surface area contributed by atoms with Crippen LogP contribution in [-0.4, -0.2) is 181 Å². The number of benzene rings is 4. The number of likely N-dealkylation sites (N-methyl/N-ethyl adjacent to an activating group) is 1. The molecule has 0 saturated carbocycles. The maximum Gasteiger partial charge on any atom is 0.412 e. The van der Waals surface area contributed by atoms with Gasteiger partial charge < -0.3 is 118 Å². The molecule has 1 saturated heterocycles. The number of aromatic hydroxyl groups is 2. The number of hydrogen-bond acceptors (Lipinski definition) is 23. The number of nitrogens with two attached hydrogens (primary N) is 1. The highest BCUT2D eigenvalue weighted by molar-refractivity contribution is 6.32. The van der Waals surface area contributed by atoms with Gasteiger partial charge in [-0.1, -0.05) is 69.8 Å². The zero-order chi connectivity index (χ0) is 75.0. The second kappa shape index (κ2) is 33.6. The lowest BCUT2D eigenvalue weighted by Gasteiger charge is -2.40. The lowest BCUT2D eigenvalue weighted by molar-refractivity contribution is -0.277. The van der Waals surface area contributed by atoms with Crippen LogP contribution in [0.25, 0.3) is 11.1 Å². The van der Waals surface area contributed by atoms with Crippen LogP contribution in [-0.2, 0) is 43.1 Å². The number of carbonyl (C=O) groups excluding carboxylic acids is 9. The molecule has 6 aliphatic heterocycles. The first-order valence-electron chi connectivity index (χ1n) is 33.7. The Morgan fingerprint density at radius 3 is 2.08 bits per heavy atom. The van der Waals surface area contributed by atoms with Crippen LogP contribution in [0, 0.1) is 5.92 Å². The molecular formula is C70H87ClN10O22. The maximum atomic E-state index is 16.1. The molecule has 0 radical (unpaired) electrons. The number of allylic oxidation sites excluding steroid dienone is 3. The van der Waals surface area contributed by atoms with Gasteiger partial charge in [0.2, 0.25) is 59.3 Å². The fraction of sp³-hybridized carbons (Fsp3) is 0.471. The predicted molar refractivity (Wildman–Crippen MR) is 365 cm³/mol. The summed E-state index contributed by atoms with van der Waals surface area (Å²) in [6.45, 7) is 9.73. The average molecular weight is 1460 g/mol. The van der Waals surface area contributed by atoms with Crippen molar-refractivity contribution in [2.24, 2.45) is 11.7 Å². The molecular weight excluding hydrogens is 1370 g/mol. The molecule has 1 fully saturated rings. The summed E-state index contributed by atoms with van der Waals surface area (Å²) in [5.74, 6) is -13.2. The van der Waals surface area contributed by atoms with Gasteiger partial charge in [0, 0.05) is 36.2 Å². The van der Waals surface area contributed by atoms with Crippen LogP contribution in [0.4, 0.5) is 4.79 Å². The molecule has 556 valence electrons. The topological polar surface area (TPSA) is 496 Å². The minimum atomic E-state index is -2.27. The third-order valence-electron chi connectivity index (χ3n) is 17.9. The van der Waals surface area contributed by atoms with Crippen molar-refractivity contribution in [2.45, 2.75) is 184 Å². The number of nitrogens with one attached hydrogen (secondary N) is 9. The van der Waals surface area contributed by atoms with E-state index in [1.54, 1.807) is 20.8 Å². The number of primary amides is 1. The van der Waals surface area contributed by atoms with E-state index in [2.05, 4.69) is 47.9 Å². The lowest BCUT2D eigenvalue weighted by atomic mass is 9.89. The van der Waals surface area contributed by atoms with Gasteiger partial charge in [0.15, 0.2) is 11.5 Å². The summed E-state index contributed by atoms with van der Waals surface area (Å²) >= 11 is 7.08. The molecule has 33 heteroatoms. The van der Waals surface area contributed by atoms with Crippen molar-refractivity contribution < 1.29 is 108 Å². The molecule has 19 N–H and O–H groups in total. The second-order valence-electron chi connectivity index (χ2n) is 26.5. The van der Waals surface area contributed by atoms with Crippen LogP contribution in [0.2, 0.25) is 5.02 Å². The molecule has 11 bridgehead atoms. The number of hydrogen-bond donors (Lipinski definition) is 18. The SMILES string of the molecule is CCCCCCNC(=O)Oc1cc(O)c2c(c1)[C@@H](C(=O)NC(C)C)NC(=O)[C@H]1NC(=O)[C@H](NC(=O)[C@@H]3NC(=O)[C@H](CC(N)=O)NC(=O)[C@H](NC(=O)[C@@H](CC(C)C)NC)[C@H](O)C4=CC(C)=C(CC4)Oc4cc3cc(c4O[C@@H]3O[C@H](CO)[C@@H](O)[C@H](O)[C@H]3O)Oc3ccc(cc3Cl)[C@H]1O)c1ccc(O)c-2c1. The highest BCUT2D eigenvalue weighted by Crippen LogP contribution is 2.49. The van der Waals surface area contributed by atoms with Gasteiger partial charge in [-0.05, 0) is 129 Å². The Morgan fingerprint density at radius 1 is 0.728 bits per heavy atom. The third kappa shape index (κ3) is 18.1. The highest BCUT2D eigenvalue weighted by Gasteiger charge is 2.47. The summed E-state index contributed by atoms with van der Waals surface area (Å²) in [5, 5.41) is 116. The zero-order valence-corrected chi connectivity index (χ0v) is 58.2. The number of halogens is 1. The first-order chi connectivity index (χ1) is 48.9. The number of unbranched alkanes of at least 4 members (excludes halogenated alkanes) is 3. The van der Waals surface area contributed by atoms with Gasteiger partial charge in [0.05, 0.1) is 24.1 Å². The van der Waals surface area contributed by atoms with Gasteiger partial charge in [0.25, 0.3) is 0 Å². The number of carbonyl (C=O) groups is 9. The number of aliphatic hydroxyl groups excluding tert-OH is 6. The number of fused-ring (bicyclic) bond motifs is 15. The summed E-state index contributed by atoms with van der Waals surface area (Å²) in [7, 11) is 1.51. The molecule has 14 atom stereocenters. The van der Waals surface area contributed by atoms with E-state index in [-0.39, 0.29) is 93.0 Å². The lowest BCUT2D eigenvalue weighted by Crippen LogP contribution is -2.61. The first-order valence-corrected chi connectivity index (χ1v) is 34.1. The van der Waals surface area contributed by atoms with Gasteiger partial charge in [0.1, 0.15) is 102 Å². The molecule has 7 aliphatic rings. The van der Waals surface area contributed by atoms with Crippen LogP contribution in [0.3, 0.4) is 0 Å². The van der Waals surface area contributed by atoms with Gasteiger partial charge in [-0.15, -0.1) is 0 Å². The van der Waals surface area contributed by atoms with Gasteiger partial charge in [-0.2, -0.15) is 0 Å². The largest absolute Gasteiger partial charge is 0.507 e. The molecule has 103 heavy (non-hydrogen) atoms. The van der Waals surface area contributed by atoms with E-state index < -0.39 is 192 Å². The van der Waals surface area contributed by atoms with Crippen molar-refractivity contribution in [2.75, 3.05) is 20.2 Å². The van der Waals surface area contributed by atoms with E-state index in [0.717, 1.165) is 67.8 Å². The molecule has 32 nitrogen and oxygen atoms in total. The molecule has 6 heterocycles. The summed E-state index contributed by atoms with van der Waals surface area (Å²) in [4.78, 5) is 133. The number of aliphatic hydroxyl groups is 6. The zero-order valence-electron chi connectivity index (χ0n) is 57.4. The molecule has 0 spiro atoms. The highest BCUT2D eigenvalue weighted by atomic mass is 35.5. The monoisotopic (exact) mass is 1450 g/mol. The molecule has 9 amide bonds. The van der Waals surface area contributed by atoms with E-state index in [0.29, 0.717) is 6.42 Å². The number of ether oxygens (including phenoxy) is 5. The van der Waals surface area contributed by atoms with Crippen LogP contribution < -0.4 is 72.5 Å². The van der Waals surface area contributed by atoms with Crippen molar-refractivity contribution in [3.8, 4) is 51.4 Å². The fourth-order valence-electron chi connectivity index (χ4n) is 12.5. The second-order valence-corrected chi connectivity index (χ2v) is 26.9. The fourth-order valence-corrected chi connectivity index (χ4v) is 12.8. The summed E-state index contributed by atoms with van der Waals surface area (Å²) in [5.41, 5.74) is 4.20. The molecule has 11 rings (SSSR count). The van der Waals surface area contributed by atoms with Crippen molar-refractivity contribution in [1.29, 1.82) is 0 Å². The minimum absolute atomic E-state index is 0.0580. The van der Waals surface area contributed by atoms with Crippen LogP contribution in [0.5, 0.6) is 40.2 Å². The normalized spacial score (nSPS) is 25.4. The number of rotatable bonds is 18. The van der Waals surface area contributed by atoms with Crippen LogP contribution in [0.15, 0.2) is 83.6 Å². The molecule has 4 aromatic rings. The summed E-state index contributed by atoms with van der Waals surface area (Å²) < 4.78 is 31.1. The maximum absolute atomic E-state index is 16.1. The standard InChI is InChI=1S/C70H87ClN10O22/c1-8-9-10-11-18-74-70(98)99-36-25-38-50(43(84)26-36)37-21-32(12-15-42(37)83)51-64(93)81-55(68(97)79-53(38)66(95)75-30(4)5)57(87)34-14-17-45(39(71)22-34)101-47-24-35-23-46(61(47)103-69-60(90)59(89)58(88)48(28-82)102-69)100-44-16-13-33(20-31(44)6)56(86)54(80-62(91)40(73-7)19-29(2)3)67(96)76-41(27-49(72)85)63(92)77-52(35)65(94)78-51/h12,14-15,17,20-26,29-30,40-41,48,51-60,69,73,82-84,86-90H,8-11,13,16,18-19,27-28H2,1-7H3,(H2,72,85)(H,74,98)(H,75,95)(H,76,96)(H,77,92)(H,78,94)(H,79,97)(H,80,91)(H,81,93)/t40-,41+,48-,51-,52-,53+,54-,55+,56-,57-,58-,59+,60-,69+/m1/s1. The first kappa shape index (κ1) is 77.5. The number of phenolic OH excluding ortho intramolecular Hbond substituents is 2. The number of phenols is 2. The average Bonchev–Trinajstić information content (AvgIpc) is 0.766. The van der Waals surface area contributed by atoms with E-state index in [4.69, 9.17) is 41.0 Å². The summed E-state index contributed by atoms with van der Waals surface area (Å²) in [6, 6.07) is -3.00. The Bertz CT molecular complexity index is 3980. The molecule has 4 aromatic carbocycles. The van der Waals surface area contributed by atoms with Crippen molar-refractivity contribution >= 4 is 65.0 Å². The molecule has 0 aromatic heterocycles. The van der Waals surface area contributed by atoms with E-state index >= 15 is 19.2 Å². The quantitative estimate of drug-likeness (QED) is 0.0628. The minimum Gasteiger partial charge on any atom is -0.507 e. The Hall–Kier alpha value is -9.64. The Balaban J connectivity index is 1.30. The predicted octanol–water partition coefficient (Wildman–Crippen LogP) is 1.53. The Morgan fingerprint density at radius 2 is 1.42 bits per heavy atom. The molecule has 1 aliphatic carbocycles. The smallest absolute Gasteiger partial charge is 0.412 e. The van der Waals surface area contributed by atoms with Gasteiger partial charge >= 0.3 is 6.09 Å². The van der Waals surface area contributed by atoms with Gasteiger partial charge in [-0.25, -0.2) is 4.79 Å². The van der Waals surface area contributed by atoms with E-state index in [9.17, 15) is 64.8 Å². The van der Waals surface area contributed by atoms with E-state index in [1.165, 1.54) is 25.3 Å². The summed E-state index contributed by atoms with van der Waals surface area (Å²) in [6.07, 6.45) is -11.0. The van der Waals surface area contributed by atoms with Crippen molar-refractivity contribution in [3.05, 3.63) is 111 Å². The Kier molecular flexibility index (Phi) is 25.3. The Labute approximate surface area is 596 Å². The van der Waals surface area contributed by atoms with E-state index in [1.807, 2.05) is 20.8 Å². The van der Waals surface area contributed by atoms with Crippen LogP contribution in [0.1, 0.15) is 139 Å². The van der Waals surface area contributed by atoms with Crippen molar-refractivity contribution in [1.82, 2.24) is 47.9 Å². The number of amides is 9. The van der Waals surface area contributed by atoms with Crippen molar-refractivity contribution in [3.63, 3.8) is 0 Å². The van der Waals surface area contributed by atoms with Crippen LogP contribution >= 0.6 is 11.6 Å². The molecule has 0 unspecified atom stereocenters.